The lowest BCUT2D eigenvalue weighted by atomic mass is 10.1. The zero-order valence-corrected chi connectivity index (χ0v) is 10.6. The molecule has 1 heterocycles. The van der Waals surface area contributed by atoms with E-state index in [0.717, 1.165) is 12.0 Å². The highest BCUT2D eigenvalue weighted by Crippen LogP contribution is 2.21. The van der Waals surface area contributed by atoms with Gasteiger partial charge in [-0.2, -0.15) is 0 Å². The Labute approximate surface area is 114 Å². The van der Waals surface area contributed by atoms with Gasteiger partial charge in [-0.15, -0.1) is 0 Å². The molecule has 0 bridgehead atoms. The van der Waals surface area contributed by atoms with Crippen molar-refractivity contribution in [1.82, 2.24) is 4.90 Å². The second-order valence-electron chi connectivity index (χ2n) is 4.14. The fraction of sp³-hybridized carbons (Fsp3) is 0.231. The summed E-state index contributed by atoms with van der Waals surface area (Å²) < 4.78 is 4.57. The molecule has 0 radical (unpaired) electrons. The maximum atomic E-state index is 12.3. The molecule has 2 rings (SSSR count). The van der Waals surface area contributed by atoms with Crippen LogP contribution in [0.15, 0.2) is 35.5 Å². The van der Waals surface area contributed by atoms with E-state index in [9.17, 15) is 14.4 Å². The minimum atomic E-state index is -1.11. The number of benzene rings is 1. The minimum Gasteiger partial charge on any atom is -0.467 e. The van der Waals surface area contributed by atoms with Gasteiger partial charge in [0.05, 0.1) is 7.11 Å². The molecule has 1 aromatic carbocycles. The van der Waals surface area contributed by atoms with Crippen LogP contribution in [0.3, 0.4) is 0 Å². The number of carbonyl (C=O) groups excluding carboxylic acids is 3. The normalized spacial score (nSPS) is 20.2. The number of nitrogens with zero attached hydrogens (tertiary/aromatic N) is 2. The number of methoxy groups -OCH3 is 1. The Morgan fingerprint density at radius 3 is 2.55 bits per heavy atom. The number of carbonyl (C=O) groups is 3. The van der Waals surface area contributed by atoms with Crippen molar-refractivity contribution in [3.05, 3.63) is 35.9 Å². The van der Waals surface area contributed by atoms with Crippen molar-refractivity contribution in [3.8, 4) is 0 Å². The second-order valence-corrected chi connectivity index (χ2v) is 4.14. The average Bonchev–Trinajstić information content (AvgIpc) is 2.83. The summed E-state index contributed by atoms with van der Waals surface area (Å²) in [4.78, 5) is 36.7. The molecule has 1 aliphatic heterocycles. The zero-order chi connectivity index (χ0) is 14.7. The summed E-state index contributed by atoms with van der Waals surface area (Å²) in [7, 11) is 1.16. The monoisotopic (exact) mass is 276 g/mol. The molecule has 20 heavy (non-hydrogen) atoms. The largest absolute Gasteiger partial charge is 0.467 e. The molecule has 1 N–H and O–H groups in total. The standard InChI is InChI=1S/C13H12N2O5/c1-20-13(18)10-7-9(14-19)12(17)15(10)11(16)8-5-3-2-4-6-8/h2-6,10,19H,7H2,1H3/b14-9-/t10-/m0/s1. The molecule has 104 valence electrons. The van der Waals surface area contributed by atoms with E-state index in [1.54, 1.807) is 18.2 Å². The van der Waals surface area contributed by atoms with Crippen LogP contribution in [0.25, 0.3) is 0 Å². The SMILES string of the molecule is COC(=O)[C@@H]1C/C(=N/O)C(=O)N1C(=O)c1ccccc1. The Morgan fingerprint density at radius 1 is 1.35 bits per heavy atom. The number of hydrogen-bond donors (Lipinski definition) is 1. The van der Waals surface area contributed by atoms with E-state index in [-0.39, 0.29) is 17.7 Å². The van der Waals surface area contributed by atoms with Crippen LogP contribution < -0.4 is 0 Å². The molecule has 0 unspecified atom stereocenters. The highest BCUT2D eigenvalue weighted by Gasteiger charge is 2.45. The number of esters is 1. The molecule has 1 fully saturated rings. The molecule has 2 amide bonds. The smallest absolute Gasteiger partial charge is 0.329 e. The summed E-state index contributed by atoms with van der Waals surface area (Å²) >= 11 is 0. The molecule has 0 saturated carbocycles. The Kier molecular flexibility index (Phi) is 3.79. The van der Waals surface area contributed by atoms with E-state index in [1.807, 2.05) is 0 Å². The van der Waals surface area contributed by atoms with Gasteiger partial charge in [-0.1, -0.05) is 23.4 Å². The first-order valence-electron chi connectivity index (χ1n) is 5.81. The second kappa shape index (κ2) is 5.52. The molecule has 0 spiro atoms. The van der Waals surface area contributed by atoms with E-state index in [4.69, 9.17) is 5.21 Å². The first-order chi connectivity index (χ1) is 9.60. The first kappa shape index (κ1) is 13.7. The molecule has 1 aromatic rings. The number of ether oxygens (including phenoxy) is 1. The maximum Gasteiger partial charge on any atom is 0.329 e. The van der Waals surface area contributed by atoms with Crippen LogP contribution in [-0.4, -0.2) is 46.8 Å². The molecule has 1 atom stereocenters. The third-order valence-corrected chi connectivity index (χ3v) is 3.00. The van der Waals surface area contributed by atoms with Crippen molar-refractivity contribution in [2.24, 2.45) is 5.16 Å². The quantitative estimate of drug-likeness (QED) is 0.366. The Balaban J connectivity index is 2.38. The number of oxime groups is 1. The Morgan fingerprint density at radius 2 is 2.00 bits per heavy atom. The van der Waals surface area contributed by atoms with Crippen LogP contribution in [0.2, 0.25) is 0 Å². The van der Waals surface area contributed by atoms with E-state index >= 15 is 0 Å². The minimum absolute atomic E-state index is 0.166. The van der Waals surface area contributed by atoms with E-state index in [0.29, 0.717) is 0 Å². The fourth-order valence-corrected chi connectivity index (χ4v) is 2.00. The summed E-state index contributed by atoms with van der Waals surface area (Å²) in [5, 5.41) is 11.6. The third-order valence-electron chi connectivity index (χ3n) is 3.00. The third kappa shape index (κ3) is 2.25. The molecule has 7 heteroatoms. The van der Waals surface area contributed by atoms with Crippen LogP contribution >= 0.6 is 0 Å². The van der Waals surface area contributed by atoms with E-state index < -0.39 is 23.8 Å². The van der Waals surface area contributed by atoms with Gasteiger partial charge >= 0.3 is 5.97 Å². The van der Waals surface area contributed by atoms with E-state index in [1.165, 1.54) is 12.1 Å². The highest BCUT2D eigenvalue weighted by atomic mass is 16.5. The summed E-state index contributed by atoms with van der Waals surface area (Å²) in [6.45, 7) is 0. The zero-order valence-electron chi connectivity index (χ0n) is 10.6. The van der Waals surface area contributed by atoms with Gasteiger partial charge in [-0.25, -0.2) is 4.79 Å². The van der Waals surface area contributed by atoms with Gasteiger partial charge in [-0.05, 0) is 12.1 Å². The summed E-state index contributed by atoms with van der Waals surface area (Å²) in [6.07, 6.45) is -0.166. The lowest BCUT2D eigenvalue weighted by molar-refractivity contribution is -0.147. The van der Waals surface area contributed by atoms with Crippen molar-refractivity contribution < 1.29 is 24.3 Å². The molecule has 1 aliphatic rings. The topological polar surface area (TPSA) is 96.3 Å². The highest BCUT2D eigenvalue weighted by molar-refractivity contribution is 6.45. The maximum absolute atomic E-state index is 12.3. The molecule has 7 nitrogen and oxygen atoms in total. The van der Waals surface area contributed by atoms with Crippen LogP contribution in [0.5, 0.6) is 0 Å². The van der Waals surface area contributed by atoms with Crippen molar-refractivity contribution in [2.45, 2.75) is 12.5 Å². The van der Waals surface area contributed by atoms with Crippen molar-refractivity contribution in [1.29, 1.82) is 0 Å². The predicted octanol–water partition coefficient (Wildman–Crippen LogP) is 0.431. The van der Waals surface area contributed by atoms with E-state index in [2.05, 4.69) is 9.89 Å². The van der Waals surface area contributed by atoms with Crippen LogP contribution in [0.4, 0.5) is 0 Å². The van der Waals surface area contributed by atoms with Crippen molar-refractivity contribution >= 4 is 23.5 Å². The number of rotatable bonds is 2. The number of amides is 2. The molecular formula is C13H12N2O5. The number of imide groups is 1. The van der Waals surface area contributed by atoms with Crippen molar-refractivity contribution in [3.63, 3.8) is 0 Å². The molecule has 1 saturated heterocycles. The van der Waals surface area contributed by atoms with Crippen LogP contribution in [0, 0.1) is 0 Å². The van der Waals surface area contributed by atoms with Gasteiger partial charge in [0.1, 0.15) is 11.8 Å². The van der Waals surface area contributed by atoms with Gasteiger partial charge in [0, 0.05) is 12.0 Å². The lowest BCUT2D eigenvalue weighted by Crippen LogP contribution is -2.43. The summed E-state index contributed by atoms with van der Waals surface area (Å²) in [5.41, 5.74) is 0.0126. The lowest BCUT2D eigenvalue weighted by Gasteiger charge is -2.20. The Hall–Kier alpha value is -2.70. The van der Waals surface area contributed by atoms with Gasteiger partial charge in [0.2, 0.25) is 0 Å². The predicted molar refractivity (Wildman–Crippen MR) is 67.3 cm³/mol. The Bertz CT molecular complexity index is 582. The molecule has 0 aromatic heterocycles. The van der Waals surface area contributed by atoms with Gasteiger partial charge < -0.3 is 9.94 Å². The van der Waals surface area contributed by atoms with Crippen LogP contribution in [-0.2, 0) is 14.3 Å². The van der Waals surface area contributed by atoms with Crippen molar-refractivity contribution in [2.75, 3.05) is 7.11 Å². The molecule has 0 aliphatic carbocycles. The number of hydrogen-bond acceptors (Lipinski definition) is 6. The summed E-state index contributed by atoms with van der Waals surface area (Å²) in [6, 6.07) is 6.95. The fourth-order valence-electron chi connectivity index (χ4n) is 2.00. The molecular weight excluding hydrogens is 264 g/mol. The van der Waals surface area contributed by atoms with Gasteiger partial charge in [0.25, 0.3) is 11.8 Å². The first-order valence-corrected chi connectivity index (χ1v) is 5.81. The van der Waals surface area contributed by atoms with Gasteiger partial charge in [0.15, 0.2) is 0 Å². The van der Waals surface area contributed by atoms with Crippen LogP contribution in [0.1, 0.15) is 16.8 Å². The number of likely N-dealkylation sites (tertiary alicyclic amines) is 1. The van der Waals surface area contributed by atoms with Gasteiger partial charge in [-0.3, -0.25) is 14.5 Å². The summed E-state index contributed by atoms with van der Waals surface area (Å²) in [5.74, 6) is -2.16. The average molecular weight is 276 g/mol.